The molecule has 0 nitrogen and oxygen atoms in total. The molecule has 0 atom stereocenters. The van der Waals surface area contributed by atoms with E-state index in [9.17, 15) is 0 Å². The maximum absolute atomic E-state index is 2.52. The monoisotopic (exact) mass is 560 g/mol. The Kier molecular flexibility index (Phi) is 6.35. The zero-order valence-corrected chi connectivity index (χ0v) is 21.1. The Morgan fingerprint density at radius 3 is 1.20 bits per heavy atom. The van der Waals surface area contributed by atoms with Crippen LogP contribution in [0, 0.1) is 21.0 Å². The standard InChI is InChI=1S/C23H30I2/c1-14-9-16(22(3,4)5)11-20(24)18(14)13-19-15(2)10-17(12-21(19)25)23(6,7)8/h9-12H,13H2,1-8H3. The van der Waals surface area contributed by atoms with Crippen molar-refractivity contribution in [2.75, 3.05) is 0 Å². The van der Waals surface area contributed by atoms with Crippen LogP contribution in [0.15, 0.2) is 24.3 Å². The summed E-state index contributed by atoms with van der Waals surface area (Å²) in [5, 5.41) is 0. The van der Waals surface area contributed by atoms with Crippen LogP contribution in [0.2, 0.25) is 0 Å². The average Bonchev–Trinajstić information content (AvgIpc) is 2.42. The average molecular weight is 560 g/mol. The van der Waals surface area contributed by atoms with Gasteiger partial charge in [0.2, 0.25) is 0 Å². The molecule has 0 spiro atoms. The summed E-state index contributed by atoms with van der Waals surface area (Å²) in [5.41, 5.74) is 9.00. The molecule has 0 fully saturated rings. The Balaban J connectivity index is 2.48. The second-order valence-corrected chi connectivity index (χ2v) is 11.5. The van der Waals surface area contributed by atoms with Crippen LogP contribution in [0.3, 0.4) is 0 Å². The number of benzene rings is 2. The van der Waals surface area contributed by atoms with Gasteiger partial charge < -0.3 is 0 Å². The summed E-state index contributed by atoms with van der Waals surface area (Å²) in [4.78, 5) is 0. The molecule has 0 N–H and O–H groups in total. The van der Waals surface area contributed by atoms with Crippen molar-refractivity contribution in [2.24, 2.45) is 0 Å². The van der Waals surface area contributed by atoms with Gasteiger partial charge in [-0.25, -0.2) is 0 Å². The Labute approximate surface area is 181 Å². The molecule has 0 heterocycles. The van der Waals surface area contributed by atoms with Crippen molar-refractivity contribution in [2.45, 2.75) is 72.6 Å². The van der Waals surface area contributed by atoms with Crippen molar-refractivity contribution in [3.63, 3.8) is 0 Å². The Morgan fingerprint density at radius 1 is 0.640 bits per heavy atom. The fourth-order valence-electron chi connectivity index (χ4n) is 3.04. The largest absolute Gasteiger partial charge is 0.0561 e. The van der Waals surface area contributed by atoms with Gasteiger partial charge in [0.05, 0.1) is 0 Å². The highest BCUT2D eigenvalue weighted by atomic mass is 127. The summed E-state index contributed by atoms with van der Waals surface area (Å²) in [6.07, 6.45) is 1.02. The van der Waals surface area contributed by atoms with Gasteiger partial charge in [0.15, 0.2) is 0 Å². The van der Waals surface area contributed by atoms with E-state index in [2.05, 4.69) is 125 Å². The highest BCUT2D eigenvalue weighted by Crippen LogP contribution is 2.33. The second-order valence-electron chi connectivity index (χ2n) is 9.18. The van der Waals surface area contributed by atoms with Gasteiger partial charge in [0.25, 0.3) is 0 Å². The molecule has 0 unspecified atom stereocenters. The first-order valence-electron chi connectivity index (χ1n) is 8.89. The van der Waals surface area contributed by atoms with Crippen molar-refractivity contribution in [1.82, 2.24) is 0 Å². The van der Waals surface area contributed by atoms with Gasteiger partial charge in [-0.1, -0.05) is 53.7 Å². The molecule has 2 rings (SSSR count). The summed E-state index contributed by atoms with van der Waals surface area (Å²) in [7, 11) is 0. The van der Waals surface area contributed by atoms with Crippen LogP contribution in [0.4, 0.5) is 0 Å². The van der Waals surface area contributed by atoms with Crippen LogP contribution in [0.1, 0.15) is 74.9 Å². The summed E-state index contributed by atoms with van der Waals surface area (Å²) < 4.78 is 2.77. The number of rotatable bonds is 2. The molecule has 0 aliphatic carbocycles. The van der Waals surface area contributed by atoms with Gasteiger partial charge in [0, 0.05) is 13.6 Å². The third-order valence-corrected chi connectivity index (χ3v) is 6.85. The van der Waals surface area contributed by atoms with Crippen LogP contribution in [0.5, 0.6) is 0 Å². The van der Waals surface area contributed by atoms with Crippen LogP contribution < -0.4 is 0 Å². The molecular formula is C23H30I2. The Morgan fingerprint density at radius 2 is 0.960 bits per heavy atom. The van der Waals surface area contributed by atoms with E-state index in [-0.39, 0.29) is 10.8 Å². The summed E-state index contributed by atoms with van der Waals surface area (Å²) in [6.45, 7) is 18.2. The first-order valence-corrected chi connectivity index (χ1v) is 11.1. The minimum atomic E-state index is 0.196. The quantitative estimate of drug-likeness (QED) is 0.331. The molecule has 0 amide bonds. The fourth-order valence-corrected chi connectivity index (χ4v) is 4.94. The summed E-state index contributed by atoms with van der Waals surface area (Å²) in [5.74, 6) is 0. The maximum Gasteiger partial charge on any atom is 0.0171 e. The SMILES string of the molecule is Cc1cc(C(C)(C)C)cc(I)c1Cc1c(C)cc(C(C)(C)C)cc1I. The molecule has 25 heavy (non-hydrogen) atoms. The van der Waals surface area contributed by atoms with E-state index in [0.29, 0.717) is 0 Å². The van der Waals surface area contributed by atoms with Crippen molar-refractivity contribution in [1.29, 1.82) is 0 Å². The van der Waals surface area contributed by atoms with Gasteiger partial charge in [-0.3, -0.25) is 0 Å². The molecule has 0 saturated heterocycles. The van der Waals surface area contributed by atoms with Gasteiger partial charge in [0.1, 0.15) is 0 Å². The number of hydrogen-bond donors (Lipinski definition) is 0. The normalized spacial score (nSPS) is 12.6. The van der Waals surface area contributed by atoms with Gasteiger partial charge in [-0.15, -0.1) is 0 Å². The van der Waals surface area contributed by atoms with Crippen LogP contribution >= 0.6 is 45.2 Å². The summed E-state index contributed by atoms with van der Waals surface area (Å²) in [6, 6.07) is 9.50. The van der Waals surface area contributed by atoms with Crippen LogP contribution in [0.25, 0.3) is 0 Å². The van der Waals surface area contributed by atoms with E-state index in [1.165, 1.54) is 40.5 Å². The molecular weight excluding hydrogens is 530 g/mol. The van der Waals surface area contributed by atoms with Gasteiger partial charge >= 0.3 is 0 Å². The summed E-state index contributed by atoms with van der Waals surface area (Å²) >= 11 is 5.04. The number of aryl methyl sites for hydroxylation is 2. The topological polar surface area (TPSA) is 0 Å². The van der Waals surface area contributed by atoms with Crippen molar-refractivity contribution < 1.29 is 0 Å². The fraction of sp³-hybridized carbons (Fsp3) is 0.478. The molecule has 0 saturated carbocycles. The highest BCUT2D eigenvalue weighted by Gasteiger charge is 2.20. The molecule has 136 valence electrons. The van der Waals surface area contributed by atoms with E-state index < -0.39 is 0 Å². The van der Waals surface area contributed by atoms with E-state index in [4.69, 9.17) is 0 Å². The van der Waals surface area contributed by atoms with Gasteiger partial charge in [-0.05, 0) is 115 Å². The molecule has 2 heteroatoms. The first kappa shape index (κ1) is 21.2. The third-order valence-electron chi connectivity index (χ3n) is 4.92. The minimum absolute atomic E-state index is 0.196. The molecule has 0 bridgehead atoms. The maximum atomic E-state index is 2.52. The Hall–Kier alpha value is -0.100. The lowest BCUT2D eigenvalue weighted by Crippen LogP contribution is -2.14. The highest BCUT2D eigenvalue weighted by molar-refractivity contribution is 14.1. The second kappa shape index (κ2) is 7.49. The predicted octanol–water partition coefficient (Wildman–Crippen LogP) is 7.70. The lowest BCUT2D eigenvalue weighted by atomic mass is 9.83. The molecule has 0 aliphatic rings. The zero-order valence-electron chi connectivity index (χ0n) is 16.8. The van der Waals surface area contributed by atoms with E-state index in [1.807, 2.05) is 0 Å². The minimum Gasteiger partial charge on any atom is -0.0561 e. The zero-order chi connectivity index (χ0) is 19.2. The smallest absolute Gasteiger partial charge is 0.0171 e. The van der Waals surface area contributed by atoms with Crippen LogP contribution in [-0.4, -0.2) is 0 Å². The van der Waals surface area contributed by atoms with Crippen molar-refractivity contribution >= 4 is 45.2 Å². The van der Waals surface area contributed by atoms with Crippen molar-refractivity contribution in [3.8, 4) is 0 Å². The molecule has 0 radical (unpaired) electrons. The molecule has 2 aromatic carbocycles. The molecule has 0 aliphatic heterocycles. The molecule has 0 aromatic heterocycles. The van der Waals surface area contributed by atoms with Crippen molar-refractivity contribution in [3.05, 3.63) is 64.8 Å². The lowest BCUT2D eigenvalue weighted by molar-refractivity contribution is 0.588. The predicted molar refractivity (Wildman–Crippen MR) is 128 cm³/mol. The third kappa shape index (κ3) is 5.00. The number of halogens is 2. The van der Waals surface area contributed by atoms with Gasteiger partial charge in [-0.2, -0.15) is 0 Å². The first-order chi connectivity index (χ1) is 11.3. The Bertz CT molecular complexity index is 673. The van der Waals surface area contributed by atoms with E-state index in [0.717, 1.165) is 6.42 Å². The molecule has 2 aromatic rings. The van der Waals surface area contributed by atoms with Crippen LogP contribution in [-0.2, 0) is 17.3 Å². The van der Waals surface area contributed by atoms with E-state index >= 15 is 0 Å². The lowest BCUT2D eigenvalue weighted by Gasteiger charge is -2.24. The number of hydrogen-bond acceptors (Lipinski definition) is 0. The van der Waals surface area contributed by atoms with E-state index in [1.54, 1.807) is 0 Å².